The summed E-state index contributed by atoms with van der Waals surface area (Å²) in [7, 11) is -5.37. The third kappa shape index (κ3) is 7.91. The largest absolute Gasteiger partial charge is 0.180 e. The van der Waals surface area contributed by atoms with Crippen LogP contribution in [0.1, 0.15) is 47.2 Å². The molecular weight excluding hydrogens is 873 g/mol. The van der Waals surface area contributed by atoms with E-state index in [1.807, 2.05) is 0 Å². The quantitative estimate of drug-likeness (QED) is 0.107. The van der Waals surface area contributed by atoms with Crippen molar-refractivity contribution >= 4 is 70.6 Å². The van der Waals surface area contributed by atoms with Crippen molar-refractivity contribution in [3.8, 4) is 0 Å². The number of hydrogen-bond acceptors (Lipinski definition) is 0. The SMILES string of the molecule is CC(=C\c1ccc(/C=C(C)/C(=C2/C=C(c3ccccc3)[Si]2(c2ccccc2)c2ccccc2)c2ccccc2)cc1)/C(=C1\C=C(c2ccccc2)[Si]1(c1ccccc1)c1ccccc1)c1ccccc1. The first-order valence-electron chi connectivity index (χ1n) is 24.4. The second kappa shape index (κ2) is 19.5. The van der Waals surface area contributed by atoms with Gasteiger partial charge in [0.1, 0.15) is 0 Å². The van der Waals surface area contributed by atoms with Crippen LogP contribution in [-0.4, -0.2) is 16.1 Å². The van der Waals surface area contributed by atoms with Crippen molar-refractivity contribution in [2.45, 2.75) is 13.8 Å². The van der Waals surface area contributed by atoms with Crippen molar-refractivity contribution < 1.29 is 0 Å². The smallest absolute Gasteiger partial charge is 0.0623 e. The summed E-state index contributed by atoms with van der Waals surface area (Å²) in [6.45, 7) is 4.61. The average molecular weight is 927 g/mol. The van der Waals surface area contributed by atoms with E-state index in [1.54, 1.807) is 0 Å². The van der Waals surface area contributed by atoms with Gasteiger partial charge < -0.3 is 0 Å². The third-order valence-corrected chi connectivity index (χ3v) is 24.0. The summed E-state index contributed by atoms with van der Waals surface area (Å²) in [6.07, 6.45) is 9.79. The highest BCUT2D eigenvalue weighted by Gasteiger charge is 2.53. The molecule has 0 atom stereocenters. The highest BCUT2D eigenvalue weighted by Crippen LogP contribution is 2.49. The van der Waals surface area contributed by atoms with E-state index in [1.165, 1.54) is 97.2 Å². The van der Waals surface area contributed by atoms with Crippen LogP contribution in [0.3, 0.4) is 0 Å². The predicted molar refractivity (Wildman–Crippen MR) is 305 cm³/mol. The Morgan fingerprint density at radius 2 is 0.529 bits per heavy atom. The van der Waals surface area contributed by atoms with Crippen molar-refractivity contribution in [1.82, 2.24) is 0 Å². The third-order valence-electron chi connectivity index (χ3n) is 14.3. The van der Waals surface area contributed by atoms with Gasteiger partial charge in [-0.3, -0.25) is 0 Å². The van der Waals surface area contributed by atoms with Crippen LogP contribution < -0.4 is 20.7 Å². The lowest BCUT2D eigenvalue weighted by atomic mass is 9.94. The van der Waals surface area contributed by atoms with E-state index in [4.69, 9.17) is 0 Å². The zero-order valence-corrected chi connectivity index (χ0v) is 41.7. The molecule has 9 aromatic carbocycles. The van der Waals surface area contributed by atoms with Crippen LogP contribution in [0.5, 0.6) is 0 Å². The summed E-state index contributed by atoms with van der Waals surface area (Å²) in [5.41, 5.74) is 12.5. The molecule has 2 heteroatoms. The van der Waals surface area contributed by atoms with Crippen LogP contribution in [0.25, 0.3) is 33.7 Å². The van der Waals surface area contributed by atoms with E-state index in [9.17, 15) is 0 Å². The molecule has 9 aromatic rings. The fourth-order valence-corrected chi connectivity index (χ4v) is 21.4. The molecule has 11 rings (SSSR count). The van der Waals surface area contributed by atoms with E-state index >= 15 is 0 Å². The average Bonchev–Trinajstić information content (AvgIpc) is 3.41. The molecule has 0 aromatic heterocycles. The summed E-state index contributed by atoms with van der Waals surface area (Å²) in [5, 5.41) is 11.4. The molecule has 334 valence electrons. The van der Waals surface area contributed by atoms with Gasteiger partial charge in [0.15, 0.2) is 16.1 Å². The fourth-order valence-electron chi connectivity index (χ4n) is 11.3. The summed E-state index contributed by atoms with van der Waals surface area (Å²) >= 11 is 0. The Morgan fingerprint density at radius 1 is 0.286 bits per heavy atom. The minimum absolute atomic E-state index is 1.18. The highest BCUT2D eigenvalue weighted by molar-refractivity contribution is 7.24. The second-order valence-electron chi connectivity index (χ2n) is 18.4. The van der Waals surface area contributed by atoms with E-state index in [2.05, 4.69) is 305 Å². The van der Waals surface area contributed by atoms with Gasteiger partial charge in [0.25, 0.3) is 0 Å². The predicted octanol–water partition coefficient (Wildman–Crippen LogP) is 14.3. The lowest BCUT2D eigenvalue weighted by Gasteiger charge is -2.45. The first-order chi connectivity index (χ1) is 34.6. The van der Waals surface area contributed by atoms with Gasteiger partial charge in [0.05, 0.1) is 0 Å². The highest BCUT2D eigenvalue weighted by atomic mass is 28.3. The van der Waals surface area contributed by atoms with Gasteiger partial charge in [0, 0.05) is 0 Å². The topological polar surface area (TPSA) is 0 Å². The maximum Gasteiger partial charge on any atom is 0.180 e. The minimum atomic E-state index is -2.69. The van der Waals surface area contributed by atoms with E-state index in [0.717, 1.165) is 0 Å². The van der Waals surface area contributed by atoms with E-state index in [-0.39, 0.29) is 0 Å². The van der Waals surface area contributed by atoms with Gasteiger partial charge in [-0.05, 0) is 111 Å². The normalized spacial score (nSPS) is 16.5. The summed E-state index contributed by atoms with van der Waals surface area (Å²) in [4.78, 5) is 0. The fraction of sp³-hybridized carbons (Fsp3) is 0.0294. The number of benzene rings is 9. The molecule has 0 fully saturated rings. The molecule has 0 N–H and O–H groups in total. The first-order valence-corrected chi connectivity index (χ1v) is 28.4. The second-order valence-corrected chi connectivity index (χ2v) is 25.9. The molecule has 0 radical (unpaired) electrons. The van der Waals surface area contributed by atoms with Gasteiger partial charge in [-0.1, -0.05) is 291 Å². The zero-order valence-electron chi connectivity index (χ0n) is 39.7. The maximum atomic E-state index is 2.50. The molecule has 0 nitrogen and oxygen atoms in total. The van der Waals surface area contributed by atoms with Crippen LogP contribution in [0, 0.1) is 0 Å². The van der Waals surface area contributed by atoms with Gasteiger partial charge in [-0.2, -0.15) is 0 Å². The van der Waals surface area contributed by atoms with Crippen molar-refractivity contribution in [3.63, 3.8) is 0 Å². The molecule has 0 saturated heterocycles. The summed E-state index contributed by atoms with van der Waals surface area (Å²) in [5.74, 6) is 0. The molecule has 2 heterocycles. The number of rotatable bonds is 12. The van der Waals surface area contributed by atoms with Gasteiger partial charge in [-0.15, -0.1) is 0 Å². The van der Waals surface area contributed by atoms with Crippen LogP contribution in [0.2, 0.25) is 0 Å². The standard InChI is InChI=1S/C68H54Si2/c1-51(67(57-31-15-5-16-32-57)65-49-63(55-27-11-3-12-28-55)69(65,59-35-19-7-20-36-59)60-37-21-8-22-38-60)47-53-43-45-54(46-44-53)48-52(2)68(58-33-17-6-18-34-58)66-50-64(56-29-13-4-14-30-56)70(66,61-39-23-9-24-40-61)62-41-25-10-26-42-62/h3-50H,1-2H3/b51-47+,52-48+,67-65-,68-66+. The Hall–Kier alpha value is -8.15. The Balaban J connectivity index is 1.05. The molecule has 0 bridgehead atoms. The van der Waals surface area contributed by atoms with Crippen LogP contribution in [0.15, 0.2) is 301 Å². The lowest BCUT2D eigenvalue weighted by molar-refractivity contribution is 1.47. The first kappa shape index (κ1) is 44.4. The van der Waals surface area contributed by atoms with Crippen LogP contribution in [-0.2, 0) is 0 Å². The van der Waals surface area contributed by atoms with Crippen molar-refractivity contribution in [2.75, 3.05) is 0 Å². The summed E-state index contributed by atoms with van der Waals surface area (Å²) < 4.78 is 0. The molecular formula is C68H54Si2. The Kier molecular flexibility index (Phi) is 12.3. The lowest BCUT2D eigenvalue weighted by Crippen LogP contribution is -2.65. The van der Waals surface area contributed by atoms with Crippen molar-refractivity contribution in [3.05, 3.63) is 334 Å². The molecule has 0 aliphatic carbocycles. The zero-order chi connectivity index (χ0) is 47.3. The summed E-state index contributed by atoms with van der Waals surface area (Å²) in [6, 6.07) is 98.5. The van der Waals surface area contributed by atoms with E-state index in [0.29, 0.717) is 0 Å². The molecule has 0 unspecified atom stereocenters. The number of allylic oxidation sites excluding steroid dienone is 8. The molecule has 70 heavy (non-hydrogen) atoms. The number of hydrogen-bond donors (Lipinski definition) is 0. The van der Waals surface area contributed by atoms with Crippen LogP contribution in [0.4, 0.5) is 0 Å². The van der Waals surface area contributed by atoms with Crippen molar-refractivity contribution in [2.24, 2.45) is 0 Å². The Morgan fingerprint density at radius 3 is 0.800 bits per heavy atom. The Labute approximate surface area is 416 Å². The van der Waals surface area contributed by atoms with Gasteiger partial charge >= 0.3 is 0 Å². The molecule has 2 aliphatic rings. The van der Waals surface area contributed by atoms with Gasteiger partial charge in [-0.25, -0.2) is 0 Å². The Bertz CT molecular complexity index is 3140. The molecule has 0 spiro atoms. The monoisotopic (exact) mass is 926 g/mol. The minimum Gasteiger partial charge on any atom is -0.0623 e. The molecule has 0 amide bonds. The van der Waals surface area contributed by atoms with Crippen molar-refractivity contribution in [1.29, 1.82) is 0 Å². The van der Waals surface area contributed by atoms with Crippen LogP contribution >= 0.6 is 0 Å². The molecule has 0 saturated carbocycles. The molecule has 2 aliphatic heterocycles. The maximum absolute atomic E-state index is 2.69. The van der Waals surface area contributed by atoms with Gasteiger partial charge in [0.2, 0.25) is 0 Å². The van der Waals surface area contributed by atoms with E-state index < -0.39 is 16.1 Å².